The molecule has 3 rings (SSSR count). The van der Waals surface area contributed by atoms with Gasteiger partial charge < -0.3 is 4.57 Å². The lowest BCUT2D eigenvalue weighted by Gasteiger charge is -2.30. The predicted molar refractivity (Wildman–Crippen MR) is 76.0 cm³/mol. The third-order valence-corrected chi connectivity index (χ3v) is 5.42. The van der Waals surface area contributed by atoms with Crippen molar-refractivity contribution in [2.45, 2.75) is 23.8 Å². The molecule has 21 heavy (non-hydrogen) atoms. The smallest absolute Gasteiger partial charge is 0.262 e. The van der Waals surface area contributed by atoms with Gasteiger partial charge in [-0.1, -0.05) is 0 Å². The Kier molecular flexibility index (Phi) is 3.73. The maximum absolute atomic E-state index is 12.6. The van der Waals surface area contributed by atoms with E-state index in [9.17, 15) is 8.42 Å². The van der Waals surface area contributed by atoms with Gasteiger partial charge in [0.05, 0.1) is 12.0 Å². The summed E-state index contributed by atoms with van der Waals surface area (Å²) in [6.45, 7) is 0.952. The second-order valence-corrected chi connectivity index (χ2v) is 7.09. The van der Waals surface area contributed by atoms with Crippen molar-refractivity contribution in [1.82, 2.24) is 23.8 Å². The highest BCUT2D eigenvalue weighted by molar-refractivity contribution is 7.89. The van der Waals surface area contributed by atoms with E-state index in [1.807, 2.05) is 0 Å². The summed E-state index contributed by atoms with van der Waals surface area (Å²) in [5.41, 5.74) is 0.846. The molecule has 0 saturated carbocycles. The van der Waals surface area contributed by atoms with E-state index in [0.717, 1.165) is 18.5 Å². The second-order valence-electron chi connectivity index (χ2n) is 5.21. The summed E-state index contributed by atoms with van der Waals surface area (Å²) in [6, 6.07) is 0. The number of hydrogen-bond donors (Lipinski definition) is 0. The molecular weight excluding hydrogens is 290 g/mol. The van der Waals surface area contributed by atoms with E-state index in [1.165, 1.54) is 16.8 Å². The summed E-state index contributed by atoms with van der Waals surface area (Å²) >= 11 is 0. The van der Waals surface area contributed by atoms with Crippen molar-refractivity contribution in [2.24, 2.45) is 7.05 Å². The molecule has 2 aromatic rings. The van der Waals surface area contributed by atoms with Gasteiger partial charge in [-0.25, -0.2) is 13.4 Å². The van der Waals surface area contributed by atoms with Crippen molar-refractivity contribution >= 4 is 10.0 Å². The van der Waals surface area contributed by atoms with Crippen LogP contribution in [0.1, 0.15) is 24.5 Å². The molecule has 112 valence electrons. The number of sulfonamides is 1. The van der Waals surface area contributed by atoms with Crippen LogP contribution in [0.5, 0.6) is 0 Å². The van der Waals surface area contributed by atoms with Gasteiger partial charge in [0.1, 0.15) is 0 Å². The number of nitrogens with zero attached hydrogens (tertiary/aromatic N) is 5. The van der Waals surface area contributed by atoms with E-state index in [-0.39, 0.29) is 10.9 Å². The van der Waals surface area contributed by atoms with E-state index >= 15 is 0 Å². The van der Waals surface area contributed by atoms with Crippen molar-refractivity contribution < 1.29 is 8.42 Å². The molecule has 7 nitrogen and oxygen atoms in total. The normalized spacial score (nSPS) is 20.5. The maximum Gasteiger partial charge on any atom is 0.262 e. The first kappa shape index (κ1) is 14.2. The molecule has 1 fully saturated rings. The van der Waals surface area contributed by atoms with Gasteiger partial charge >= 0.3 is 0 Å². The van der Waals surface area contributed by atoms with Crippen LogP contribution in [0.3, 0.4) is 0 Å². The SMILES string of the molecule is Cn1cnc(S(=O)(=O)N2CCCC(c3cnccn3)C2)c1. The van der Waals surface area contributed by atoms with E-state index in [1.54, 1.807) is 30.2 Å². The topological polar surface area (TPSA) is 81.0 Å². The molecule has 1 unspecified atom stereocenters. The Morgan fingerprint density at radius 1 is 1.29 bits per heavy atom. The van der Waals surface area contributed by atoms with E-state index in [4.69, 9.17) is 0 Å². The third-order valence-electron chi connectivity index (χ3n) is 3.67. The van der Waals surface area contributed by atoms with Crippen LogP contribution in [0.2, 0.25) is 0 Å². The first-order valence-corrected chi connectivity index (χ1v) is 8.25. The fraction of sp³-hybridized carbons (Fsp3) is 0.462. The number of aryl methyl sites for hydroxylation is 1. The monoisotopic (exact) mass is 307 g/mol. The van der Waals surface area contributed by atoms with Crippen LogP contribution in [0.25, 0.3) is 0 Å². The van der Waals surface area contributed by atoms with Gasteiger partial charge in [0.2, 0.25) is 0 Å². The number of piperidine rings is 1. The number of hydrogen-bond acceptors (Lipinski definition) is 5. The molecule has 1 aliphatic rings. The minimum Gasteiger partial charge on any atom is -0.339 e. The minimum atomic E-state index is -3.53. The number of aromatic nitrogens is 4. The fourth-order valence-corrected chi connectivity index (χ4v) is 4.07. The van der Waals surface area contributed by atoms with Crippen LogP contribution in [-0.4, -0.2) is 45.3 Å². The Morgan fingerprint density at radius 3 is 2.81 bits per heavy atom. The Hall–Kier alpha value is -1.80. The Morgan fingerprint density at radius 2 is 2.14 bits per heavy atom. The second kappa shape index (κ2) is 5.53. The third kappa shape index (κ3) is 2.81. The summed E-state index contributed by atoms with van der Waals surface area (Å²) in [7, 11) is -1.77. The van der Waals surface area contributed by atoms with Crippen LogP contribution in [0.15, 0.2) is 36.1 Å². The van der Waals surface area contributed by atoms with E-state index in [0.29, 0.717) is 13.1 Å². The summed E-state index contributed by atoms with van der Waals surface area (Å²) < 4.78 is 28.3. The molecule has 0 N–H and O–H groups in total. The molecule has 0 spiro atoms. The highest BCUT2D eigenvalue weighted by Gasteiger charge is 2.32. The number of imidazole rings is 1. The first-order chi connectivity index (χ1) is 10.1. The highest BCUT2D eigenvalue weighted by atomic mass is 32.2. The van der Waals surface area contributed by atoms with Gasteiger partial charge in [0, 0.05) is 50.8 Å². The lowest BCUT2D eigenvalue weighted by molar-refractivity contribution is 0.311. The van der Waals surface area contributed by atoms with Crippen LogP contribution in [0, 0.1) is 0 Å². The maximum atomic E-state index is 12.6. The molecule has 0 aliphatic carbocycles. The van der Waals surface area contributed by atoms with Crippen molar-refractivity contribution in [2.75, 3.05) is 13.1 Å². The van der Waals surface area contributed by atoms with Crippen LogP contribution in [0.4, 0.5) is 0 Å². The molecule has 1 aliphatic heterocycles. The lowest BCUT2D eigenvalue weighted by Crippen LogP contribution is -2.39. The molecule has 0 bridgehead atoms. The average Bonchev–Trinajstić information content (AvgIpc) is 2.96. The predicted octanol–water partition coefficient (Wildman–Crippen LogP) is 0.778. The molecule has 0 aromatic carbocycles. The fourth-order valence-electron chi connectivity index (χ4n) is 2.58. The van der Waals surface area contributed by atoms with E-state index in [2.05, 4.69) is 15.0 Å². The molecule has 1 saturated heterocycles. The van der Waals surface area contributed by atoms with Gasteiger partial charge in [0.15, 0.2) is 5.03 Å². The Labute approximate surface area is 123 Å². The zero-order valence-corrected chi connectivity index (χ0v) is 12.6. The highest BCUT2D eigenvalue weighted by Crippen LogP contribution is 2.28. The largest absolute Gasteiger partial charge is 0.339 e. The van der Waals surface area contributed by atoms with Gasteiger partial charge in [-0.2, -0.15) is 4.31 Å². The van der Waals surface area contributed by atoms with Crippen molar-refractivity contribution in [3.8, 4) is 0 Å². The lowest BCUT2D eigenvalue weighted by atomic mass is 9.96. The van der Waals surface area contributed by atoms with Crippen molar-refractivity contribution in [1.29, 1.82) is 0 Å². The van der Waals surface area contributed by atoms with E-state index < -0.39 is 10.0 Å². The zero-order valence-electron chi connectivity index (χ0n) is 11.8. The van der Waals surface area contributed by atoms with Gasteiger partial charge in [-0.3, -0.25) is 9.97 Å². The molecule has 0 radical (unpaired) electrons. The molecule has 1 atom stereocenters. The van der Waals surface area contributed by atoms with Gasteiger partial charge in [-0.15, -0.1) is 0 Å². The molecular formula is C13H17N5O2S. The average molecular weight is 307 g/mol. The minimum absolute atomic E-state index is 0.0888. The molecule has 3 heterocycles. The quantitative estimate of drug-likeness (QED) is 0.837. The van der Waals surface area contributed by atoms with Gasteiger partial charge in [-0.05, 0) is 12.8 Å². The summed E-state index contributed by atoms with van der Waals surface area (Å²) in [5.74, 6) is 0.0888. The van der Waals surface area contributed by atoms with Crippen LogP contribution < -0.4 is 0 Å². The van der Waals surface area contributed by atoms with Crippen molar-refractivity contribution in [3.63, 3.8) is 0 Å². The van der Waals surface area contributed by atoms with Crippen molar-refractivity contribution in [3.05, 3.63) is 36.8 Å². The standard InChI is InChI=1S/C13H17N5O2S/c1-17-9-13(16-10-17)21(19,20)18-6-2-3-11(8-18)12-7-14-4-5-15-12/h4-5,7,9-11H,2-3,6,8H2,1H3. The zero-order chi connectivity index (χ0) is 14.9. The summed E-state index contributed by atoms with van der Waals surface area (Å²) in [6.07, 6.45) is 9.73. The molecule has 2 aromatic heterocycles. The molecule has 8 heteroatoms. The van der Waals surface area contributed by atoms with Crippen LogP contribution in [-0.2, 0) is 17.1 Å². The summed E-state index contributed by atoms with van der Waals surface area (Å²) in [4.78, 5) is 12.3. The van der Waals surface area contributed by atoms with Crippen LogP contribution >= 0.6 is 0 Å². The summed E-state index contributed by atoms with van der Waals surface area (Å²) in [5, 5.41) is 0.102. The Balaban J connectivity index is 1.83. The van der Waals surface area contributed by atoms with Gasteiger partial charge in [0.25, 0.3) is 10.0 Å². The first-order valence-electron chi connectivity index (χ1n) is 6.81. The Bertz CT molecular complexity index is 713. The molecule has 0 amide bonds. The number of rotatable bonds is 3.